The molecule has 1 aromatic rings. The van der Waals surface area contributed by atoms with E-state index in [-0.39, 0.29) is 12.1 Å². The van der Waals surface area contributed by atoms with E-state index < -0.39 is 5.97 Å². The lowest BCUT2D eigenvalue weighted by atomic mass is 10.1. The molecule has 1 aliphatic rings. The monoisotopic (exact) mass is 248 g/mol. The number of carboxylic acid groups (broad SMARTS) is 1. The average molecular weight is 248 g/mol. The van der Waals surface area contributed by atoms with Gasteiger partial charge in [-0.15, -0.1) is 0 Å². The highest BCUT2D eigenvalue weighted by Gasteiger charge is 2.31. The van der Waals surface area contributed by atoms with Crippen LogP contribution in [0, 0.1) is 0 Å². The molecule has 4 nitrogen and oxygen atoms in total. The van der Waals surface area contributed by atoms with Gasteiger partial charge < -0.3 is 10.8 Å². The van der Waals surface area contributed by atoms with Crippen molar-refractivity contribution in [1.29, 1.82) is 0 Å². The molecule has 0 aliphatic carbocycles. The zero-order valence-electron chi connectivity index (χ0n) is 10.5. The molecule has 0 bridgehead atoms. The van der Waals surface area contributed by atoms with Crippen molar-refractivity contribution in [3.05, 3.63) is 35.9 Å². The molecule has 3 N–H and O–H groups in total. The van der Waals surface area contributed by atoms with Gasteiger partial charge in [0.15, 0.2) is 0 Å². The van der Waals surface area contributed by atoms with Crippen molar-refractivity contribution in [3.63, 3.8) is 0 Å². The van der Waals surface area contributed by atoms with Crippen LogP contribution >= 0.6 is 0 Å². The summed E-state index contributed by atoms with van der Waals surface area (Å²) >= 11 is 0. The summed E-state index contributed by atoms with van der Waals surface area (Å²) in [5.74, 6) is -0.723. The van der Waals surface area contributed by atoms with E-state index in [1.165, 1.54) is 5.56 Å². The van der Waals surface area contributed by atoms with Crippen molar-refractivity contribution in [2.45, 2.75) is 31.3 Å². The van der Waals surface area contributed by atoms with E-state index in [0.29, 0.717) is 6.54 Å². The lowest BCUT2D eigenvalue weighted by Crippen LogP contribution is -2.44. The molecule has 0 radical (unpaired) electrons. The maximum absolute atomic E-state index is 11.1. The molecule has 18 heavy (non-hydrogen) atoms. The number of hydrogen-bond donors (Lipinski definition) is 2. The van der Waals surface area contributed by atoms with Crippen LogP contribution in [0.3, 0.4) is 0 Å². The van der Waals surface area contributed by atoms with Gasteiger partial charge in [0.1, 0.15) is 6.04 Å². The van der Waals surface area contributed by atoms with Gasteiger partial charge in [0.05, 0.1) is 0 Å². The molecular formula is C14H20N2O2. The Kier molecular flexibility index (Phi) is 4.33. The summed E-state index contributed by atoms with van der Waals surface area (Å²) in [5, 5.41) is 9.10. The van der Waals surface area contributed by atoms with Crippen LogP contribution in [0.1, 0.15) is 18.4 Å². The molecule has 1 fully saturated rings. The number of rotatable bonds is 5. The molecule has 1 aromatic carbocycles. The molecular weight excluding hydrogens is 228 g/mol. The molecule has 2 atom stereocenters. The molecule has 0 unspecified atom stereocenters. The minimum Gasteiger partial charge on any atom is -0.480 e. The Hall–Kier alpha value is -1.39. The van der Waals surface area contributed by atoms with Crippen LogP contribution in [0.4, 0.5) is 0 Å². The second kappa shape index (κ2) is 5.98. The topological polar surface area (TPSA) is 66.6 Å². The fraction of sp³-hybridized carbons (Fsp3) is 0.500. The average Bonchev–Trinajstić information content (AvgIpc) is 2.78. The Labute approximate surface area is 107 Å². The van der Waals surface area contributed by atoms with Crippen molar-refractivity contribution in [2.24, 2.45) is 5.73 Å². The molecule has 4 heteroatoms. The summed E-state index contributed by atoms with van der Waals surface area (Å²) in [5.41, 5.74) is 7.32. The highest BCUT2D eigenvalue weighted by atomic mass is 16.4. The summed E-state index contributed by atoms with van der Waals surface area (Å²) in [4.78, 5) is 13.1. The van der Waals surface area contributed by atoms with E-state index in [4.69, 9.17) is 10.8 Å². The van der Waals surface area contributed by atoms with Crippen molar-refractivity contribution in [2.75, 3.05) is 13.1 Å². The third-order valence-corrected chi connectivity index (χ3v) is 3.46. The Morgan fingerprint density at radius 3 is 2.83 bits per heavy atom. The van der Waals surface area contributed by atoms with Crippen molar-refractivity contribution in [1.82, 2.24) is 4.90 Å². The maximum Gasteiger partial charge on any atom is 0.320 e. The first-order valence-electron chi connectivity index (χ1n) is 6.43. The predicted molar refractivity (Wildman–Crippen MR) is 70.4 cm³/mol. The van der Waals surface area contributed by atoms with Crippen LogP contribution in [-0.2, 0) is 11.2 Å². The third-order valence-electron chi connectivity index (χ3n) is 3.46. The first kappa shape index (κ1) is 13.1. The van der Waals surface area contributed by atoms with Gasteiger partial charge in [-0.05, 0) is 31.4 Å². The maximum atomic E-state index is 11.1. The molecule has 0 amide bonds. The van der Waals surface area contributed by atoms with Gasteiger partial charge in [-0.1, -0.05) is 30.3 Å². The smallest absolute Gasteiger partial charge is 0.320 e. The number of likely N-dealkylation sites (tertiary alicyclic amines) is 1. The lowest BCUT2D eigenvalue weighted by molar-refractivity contribution is -0.142. The predicted octanol–water partition coefficient (Wildman–Crippen LogP) is 1.11. The summed E-state index contributed by atoms with van der Waals surface area (Å²) < 4.78 is 0. The number of nitrogens with zero attached hydrogens (tertiary/aromatic N) is 1. The summed E-state index contributed by atoms with van der Waals surface area (Å²) in [7, 11) is 0. The van der Waals surface area contributed by atoms with Crippen LogP contribution in [0.15, 0.2) is 30.3 Å². The second-order valence-corrected chi connectivity index (χ2v) is 4.94. The van der Waals surface area contributed by atoms with Gasteiger partial charge in [0, 0.05) is 12.6 Å². The van der Waals surface area contributed by atoms with Crippen LogP contribution < -0.4 is 5.73 Å². The molecule has 1 aliphatic heterocycles. The number of carbonyl (C=O) groups is 1. The number of benzene rings is 1. The van der Waals surface area contributed by atoms with Crippen molar-refractivity contribution < 1.29 is 9.90 Å². The molecule has 2 rings (SSSR count). The van der Waals surface area contributed by atoms with E-state index in [2.05, 4.69) is 12.1 Å². The first-order valence-corrected chi connectivity index (χ1v) is 6.43. The molecule has 1 heterocycles. The van der Waals surface area contributed by atoms with Gasteiger partial charge in [0.2, 0.25) is 0 Å². The molecule has 0 spiro atoms. The molecule has 98 valence electrons. The molecule has 0 saturated carbocycles. The van der Waals surface area contributed by atoms with E-state index in [1.54, 1.807) is 0 Å². The SMILES string of the molecule is N[C@@H](Cc1ccccc1)CN1CCC[C@H]1C(=O)O. The van der Waals surface area contributed by atoms with Crippen LogP contribution in [0.25, 0.3) is 0 Å². The lowest BCUT2D eigenvalue weighted by Gasteiger charge is -2.24. The normalized spacial score (nSPS) is 21.9. The zero-order valence-corrected chi connectivity index (χ0v) is 10.5. The summed E-state index contributed by atoms with van der Waals surface area (Å²) in [6.45, 7) is 1.51. The van der Waals surface area contributed by atoms with E-state index in [0.717, 1.165) is 25.8 Å². The van der Waals surface area contributed by atoms with Crippen molar-refractivity contribution in [3.8, 4) is 0 Å². The van der Waals surface area contributed by atoms with Gasteiger partial charge in [-0.3, -0.25) is 9.69 Å². The van der Waals surface area contributed by atoms with Crippen LogP contribution in [0.5, 0.6) is 0 Å². The fourth-order valence-corrected chi connectivity index (χ4v) is 2.61. The number of aliphatic carboxylic acids is 1. The quantitative estimate of drug-likeness (QED) is 0.819. The molecule has 0 aromatic heterocycles. The highest BCUT2D eigenvalue weighted by molar-refractivity contribution is 5.73. The number of carboxylic acids is 1. The first-order chi connectivity index (χ1) is 8.66. The zero-order chi connectivity index (χ0) is 13.0. The second-order valence-electron chi connectivity index (χ2n) is 4.94. The standard InChI is InChI=1S/C14H20N2O2/c15-12(9-11-5-2-1-3-6-11)10-16-8-4-7-13(16)14(17)18/h1-3,5-6,12-13H,4,7-10,15H2,(H,17,18)/t12-,13-/m0/s1. The van der Waals surface area contributed by atoms with Crippen LogP contribution in [-0.4, -0.2) is 41.1 Å². The van der Waals surface area contributed by atoms with Gasteiger partial charge >= 0.3 is 5.97 Å². The largest absolute Gasteiger partial charge is 0.480 e. The van der Waals surface area contributed by atoms with Crippen molar-refractivity contribution >= 4 is 5.97 Å². The van der Waals surface area contributed by atoms with E-state index in [1.807, 2.05) is 23.1 Å². The van der Waals surface area contributed by atoms with Crippen LogP contribution in [0.2, 0.25) is 0 Å². The molecule has 1 saturated heterocycles. The van der Waals surface area contributed by atoms with Gasteiger partial charge in [0.25, 0.3) is 0 Å². The Morgan fingerprint density at radius 2 is 2.17 bits per heavy atom. The number of nitrogens with two attached hydrogens (primary N) is 1. The number of hydrogen-bond acceptors (Lipinski definition) is 3. The fourth-order valence-electron chi connectivity index (χ4n) is 2.61. The minimum atomic E-state index is -0.723. The Bertz CT molecular complexity index is 394. The van der Waals surface area contributed by atoms with E-state index >= 15 is 0 Å². The van der Waals surface area contributed by atoms with E-state index in [9.17, 15) is 4.79 Å². The minimum absolute atomic E-state index is 0.00708. The third kappa shape index (κ3) is 3.31. The Balaban J connectivity index is 1.87. The summed E-state index contributed by atoms with van der Waals surface area (Å²) in [6.07, 6.45) is 2.49. The highest BCUT2D eigenvalue weighted by Crippen LogP contribution is 2.17. The van der Waals surface area contributed by atoms with Gasteiger partial charge in [-0.2, -0.15) is 0 Å². The van der Waals surface area contributed by atoms with Gasteiger partial charge in [-0.25, -0.2) is 0 Å². The summed E-state index contributed by atoms with van der Waals surface area (Å²) in [6, 6.07) is 9.74. The Morgan fingerprint density at radius 1 is 1.44 bits per heavy atom.